The molecule has 0 spiro atoms. The molecule has 1 amide bonds. The number of amides is 1. The topological polar surface area (TPSA) is 81.9 Å². The lowest BCUT2D eigenvalue weighted by Gasteiger charge is -2.36. The van der Waals surface area contributed by atoms with Gasteiger partial charge in [0, 0.05) is 12.6 Å². The van der Waals surface area contributed by atoms with Gasteiger partial charge < -0.3 is 10.1 Å². The number of rotatable bonds is 4. The van der Waals surface area contributed by atoms with Gasteiger partial charge in [-0.25, -0.2) is 4.68 Å². The van der Waals surface area contributed by atoms with Gasteiger partial charge in [-0.05, 0) is 42.7 Å². The van der Waals surface area contributed by atoms with Crippen molar-refractivity contribution in [2.45, 2.75) is 44.4 Å². The van der Waals surface area contributed by atoms with Crippen molar-refractivity contribution in [3.8, 4) is 0 Å². The molecule has 3 rings (SSSR count). The predicted molar refractivity (Wildman–Crippen MR) is 83.6 cm³/mol. The molecular formula is C16H21N5O2. The molecule has 1 aliphatic heterocycles. The Morgan fingerprint density at radius 3 is 2.83 bits per heavy atom. The van der Waals surface area contributed by atoms with Crippen molar-refractivity contribution in [2.75, 3.05) is 6.61 Å². The normalized spacial score (nSPS) is 21.6. The molecule has 7 nitrogen and oxygen atoms in total. The van der Waals surface area contributed by atoms with E-state index in [9.17, 15) is 4.79 Å². The van der Waals surface area contributed by atoms with E-state index in [1.165, 1.54) is 11.0 Å². The van der Waals surface area contributed by atoms with E-state index < -0.39 is 6.04 Å². The second-order valence-corrected chi connectivity index (χ2v) is 6.41. The van der Waals surface area contributed by atoms with Crippen LogP contribution in [0.1, 0.15) is 38.3 Å². The van der Waals surface area contributed by atoms with Crippen molar-refractivity contribution in [1.29, 1.82) is 0 Å². The molecule has 1 aliphatic rings. The van der Waals surface area contributed by atoms with E-state index in [1.807, 2.05) is 44.2 Å². The third kappa shape index (κ3) is 3.73. The van der Waals surface area contributed by atoms with Crippen molar-refractivity contribution in [3.05, 3.63) is 42.2 Å². The highest BCUT2D eigenvalue weighted by Crippen LogP contribution is 2.25. The van der Waals surface area contributed by atoms with Gasteiger partial charge >= 0.3 is 0 Å². The molecule has 2 heterocycles. The maximum atomic E-state index is 12.9. The SMILES string of the molecule is CC1(C)CC(NC(=O)[C@H](c2ccccc2)n2cnnn2)CCO1. The number of carbonyl (C=O) groups is 1. The first-order valence-electron chi connectivity index (χ1n) is 7.77. The van der Waals surface area contributed by atoms with Gasteiger partial charge in [0.1, 0.15) is 6.33 Å². The summed E-state index contributed by atoms with van der Waals surface area (Å²) in [5.74, 6) is -0.105. The van der Waals surface area contributed by atoms with Crippen molar-refractivity contribution >= 4 is 5.91 Å². The van der Waals surface area contributed by atoms with Crippen LogP contribution in [-0.2, 0) is 9.53 Å². The van der Waals surface area contributed by atoms with Crippen LogP contribution in [0, 0.1) is 0 Å². The highest BCUT2D eigenvalue weighted by Gasteiger charge is 2.32. The first kappa shape index (κ1) is 15.6. The number of benzene rings is 1. The highest BCUT2D eigenvalue weighted by molar-refractivity contribution is 5.83. The Kier molecular flexibility index (Phi) is 4.38. The number of hydrogen-bond acceptors (Lipinski definition) is 5. The second-order valence-electron chi connectivity index (χ2n) is 6.41. The minimum Gasteiger partial charge on any atom is -0.375 e. The van der Waals surface area contributed by atoms with Crippen LogP contribution < -0.4 is 5.32 Å². The minimum atomic E-state index is -0.572. The van der Waals surface area contributed by atoms with Crippen LogP contribution in [0.25, 0.3) is 0 Å². The van der Waals surface area contributed by atoms with Crippen LogP contribution in [-0.4, -0.2) is 44.4 Å². The first-order valence-corrected chi connectivity index (χ1v) is 7.77. The van der Waals surface area contributed by atoms with Gasteiger partial charge in [-0.3, -0.25) is 4.79 Å². The Labute approximate surface area is 135 Å². The molecule has 1 N–H and O–H groups in total. The van der Waals surface area contributed by atoms with Crippen LogP contribution in [0.5, 0.6) is 0 Å². The molecule has 0 aliphatic carbocycles. The zero-order valence-electron chi connectivity index (χ0n) is 13.3. The van der Waals surface area contributed by atoms with Crippen LogP contribution >= 0.6 is 0 Å². The quantitative estimate of drug-likeness (QED) is 0.920. The van der Waals surface area contributed by atoms with Gasteiger partial charge in [0.25, 0.3) is 0 Å². The van der Waals surface area contributed by atoms with Crippen LogP contribution in [0.2, 0.25) is 0 Å². The number of nitrogens with one attached hydrogen (secondary N) is 1. The van der Waals surface area contributed by atoms with Crippen LogP contribution in [0.15, 0.2) is 36.7 Å². The first-order chi connectivity index (χ1) is 11.1. The molecule has 1 aromatic heterocycles. The van der Waals surface area contributed by atoms with E-state index in [2.05, 4.69) is 20.8 Å². The van der Waals surface area contributed by atoms with E-state index in [1.54, 1.807) is 0 Å². The van der Waals surface area contributed by atoms with E-state index in [0.717, 1.165) is 18.4 Å². The van der Waals surface area contributed by atoms with E-state index in [4.69, 9.17) is 4.74 Å². The molecule has 1 unspecified atom stereocenters. The fourth-order valence-corrected chi connectivity index (χ4v) is 2.98. The van der Waals surface area contributed by atoms with Gasteiger partial charge in [-0.2, -0.15) is 0 Å². The maximum absolute atomic E-state index is 12.9. The Bertz CT molecular complexity index is 642. The Balaban J connectivity index is 1.79. The number of hydrogen-bond donors (Lipinski definition) is 1. The third-order valence-corrected chi connectivity index (χ3v) is 4.04. The predicted octanol–water partition coefficient (Wildman–Crippen LogP) is 1.34. The summed E-state index contributed by atoms with van der Waals surface area (Å²) in [6, 6.07) is 9.04. The average Bonchev–Trinajstić information content (AvgIpc) is 3.01. The summed E-state index contributed by atoms with van der Waals surface area (Å²) in [6.45, 7) is 4.74. The fraction of sp³-hybridized carbons (Fsp3) is 0.500. The van der Waals surface area contributed by atoms with Crippen molar-refractivity contribution < 1.29 is 9.53 Å². The number of carbonyl (C=O) groups excluding carboxylic acids is 1. The molecule has 1 saturated heterocycles. The third-order valence-electron chi connectivity index (χ3n) is 4.04. The summed E-state index contributed by atoms with van der Waals surface area (Å²) in [4.78, 5) is 12.9. The van der Waals surface area contributed by atoms with E-state index in [0.29, 0.717) is 6.61 Å². The molecule has 1 aromatic carbocycles. The summed E-state index contributed by atoms with van der Waals surface area (Å²) in [7, 11) is 0. The van der Waals surface area contributed by atoms with Crippen molar-refractivity contribution in [3.63, 3.8) is 0 Å². The molecule has 1 fully saturated rings. The van der Waals surface area contributed by atoms with Gasteiger partial charge in [-0.1, -0.05) is 30.3 Å². The number of tetrazole rings is 1. The van der Waals surface area contributed by atoms with Gasteiger partial charge in [0.2, 0.25) is 5.91 Å². The maximum Gasteiger partial charge on any atom is 0.249 e. The summed E-state index contributed by atoms with van der Waals surface area (Å²) in [5.41, 5.74) is 0.636. The molecule has 23 heavy (non-hydrogen) atoms. The molecule has 122 valence electrons. The van der Waals surface area contributed by atoms with E-state index >= 15 is 0 Å². The number of nitrogens with zero attached hydrogens (tertiary/aromatic N) is 4. The lowest BCUT2D eigenvalue weighted by Crippen LogP contribution is -2.47. The Morgan fingerprint density at radius 1 is 1.39 bits per heavy atom. The van der Waals surface area contributed by atoms with Crippen LogP contribution in [0.3, 0.4) is 0 Å². The van der Waals surface area contributed by atoms with Crippen molar-refractivity contribution in [1.82, 2.24) is 25.5 Å². The second kappa shape index (κ2) is 6.45. The molecule has 2 atom stereocenters. The Hall–Kier alpha value is -2.28. The molecule has 0 radical (unpaired) electrons. The lowest BCUT2D eigenvalue weighted by atomic mass is 9.93. The van der Waals surface area contributed by atoms with E-state index in [-0.39, 0.29) is 17.6 Å². The summed E-state index contributed by atoms with van der Waals surface area (Å²) in [5, 5.41) is 14.3. The average molecular weight is 315 g/mol. The zero-order chi connectivity index (χ0) is 16.3. The zero-order valence-corrected chi connectivity index (χ0v) is 13.3. The molecular weight excluding hydrogens is 294 g/mol. The summed E-state index contributed by atoms with van der Waals surface area (Å²) < 4.78 is 7.19. The number of ether oxygens (including phenoxy) is 1. The van der Waals surface area contributed by atoms with Gasteiger partial charge in [-0.15, -0.1) is 5.10 Å². The lowest BCUT2D eigenvalue weighted by molar-refractivity contribution is -0.126. The Morgan fingerprint density at radius 2 is 2.17 bits per heavy atom. The van der Waals surface area contributed by atoms with Gasteiger partial charge in [0.05, 0.1) is 5.60 Å². The van der Waals surface area contributed by atoms with Crippen LogP contribution in [0.4, 0.5) is 0 Å². The summed E-state index contributed by atoms with van der Waals surface area (Å²) in [6.07, 6.45) is 3.06. The fourth-order valence-electron chi connectivity index (χ4n) is 2.98. The highest BCUT2D eigenvalue weighted by atomic mass is 16.5. The van der Waals surface area contributed by atoms with Crippen molar-refractivity contribution in [2.24, 2.45) is 0 Å². The standard InChI is InChI=1S/C16H21N5O2/c1-16(2)10-13(8-9-23-16)18-15(22)14(21-11-17-19-20-21)12-6-4-3-5-7-12/h3-7,11,13-14H,8-10H2,1-2H3,(H,18,22)/t13?,14-/m0/s1. The number of aromatic nitrogens is 4. The summed E-state index contributed by atoms with van der Waals surface area (Å²) >= 11 is 0. The minimum absolute atomic E-state index is 0.0916. The molecule has 2 aromatic rings. The monoisotopic (exact) mass is 315 g/mol. The smallest absolute Gasteiger partial charge is 0.249 e. The molecule has 7 heteroatoms. The largest absolute Gasteiger partial charge is 0.375 e. The molecule has 0 bridgehead atoms. The molecule has 0 saturated carbocycles. The van der Waals surface area contributed by atoms with Gasteiger partial charge in [0.15, 0.2) is 6.04 Å².